The Bertz CT molecular complexity index is 1450. The molecule has 2 aliphatic heterocycles. The topological polar surface area (TPSA) is 116 Å². The number of anilines is 1. The van der Waals surface area contributed by atoms with Crippen molar-refractivity contribution in [2.75, 3.05) is 18.2 Å². The molecule has 0 aromatic heterocycles. The monoisotopic (exact) mass is 640 g/mol. The Morgan fingerprint density at radius 2 is 1.95 bits per heavy atom. The van der Waals surface area contributed by atoms with Gasteiger partial charge in [0, 0.05) is 39.3 Å². The van der Waals surface area contributed by atoms with Crippen molar-refractivity contribution < 1.29 is 22.4 Å². The zero-order chi connectivity index (χ0) is 31.3. The van der Waals surface area contributed by atoms with Gasteiger partial charge in [-0.3, -0.25) is 9.59 Å². The van der Waals surface area contributed by atoms with Gasteiger partial charge in [0.2, 0.25) is 21.8 Å². The molecule has 2 heterocycles. The Balaban J connectivity index is 1.75. The molecule has 230 valence electrons. The number of sulfonamides is 1. The third-order valence-electron chi connectivity index (χ3n) is 8.19. The number of rotatable bonds is 9. The molecule has 1 saturated carbocycles. The summed E-state index contributed by atoms with van der Waals surface area (Å²) < 4.78 is 39.2. The quantitative estimate of drug-likeness (QED) is 0.292. The predicted octanol–water partition coefficient (Wildman–Crippen LogP) is 4.71. The van der Waals surface area contributed by atoms with Crippen LogP contribution in [0.2, 0.25) is 5.02 Å². The minimum absolute atomic E-state index is 0.00699. The van der Waals surface area contributed by atoms with Gasteiger partial charge >= 0.3 is 0 Å². The molecule has 4 rings (SSSR count). The molecule has 4 atom stereocenters. The number of allylic oxidation sites excluding steroid dienone is 4. The van der Waals surface area contributed by atoms with Crippen molar-refractivity contribution in [3.63, 3.8) is 0 Å². The lowest BCUT2D eigenvalue weighted by Crippen LogP contribution is -2.63. The maximum atomic E-state index is 14.1. The summed E-state index contributed by atoms with van der Waals surface area (Å²) in [5.41, 5.74) is -0.262. The highest BCUT2D eigenvalue weighted by atomic mass is 35.5. The van der Waals surface area contributed by atoms with E-state index >= 15 is 0 Å². The second-order valence-electron chi connectivity index (χ2n) is 13.2. The van der Waals surface area contributed by atoms with E-state index in [-0.39, 0.29) is 28.3 Å². The van der Waals surface area contributed by atoms with Gasteiger partial charge < -0.3 is 16.0 Å². The van der Waals surface area contributed by atoms with Gasteiger partial charge in [0.05, 0.1) is 12.3 Å². The summed E-state index contributed by atoms with van der Waals surface area (Å²) in [6.07, 6.45) is 7.16. The summed E-state index contributed by atoms with van der Waals surface area (Å²) in [5, 5.41) is 10.1. The molecule has 42 heavy (non-hydrogen) atoms. The Kier molecular flexibility index (Phi) is 9.09. The lowest BCUT2D eigenvalue weighted by Gasteiger charge is -2.45. The fourth-order valence-corrected chi connectivity index (χ4v) is 8.16. The van der Waals surface area contributed by atoms with Crippen LogP contribution in [0.3, 0.4) is 0 Å². The Morgan fingerprint density at radius 1 is 1.29 bits per heavy atom. The maximum Gasteiger partial charge on any atom is 0.238 e. The van der Waals surface area contributed by atoms with E-state index in [1.54, 1.807) is 31.2 Å². The summed E-state index contributed by atoms with van der Waals surface area (Å²) in [4.78, 5) is 28.1. The molecule has 12 heteroatoms. The molecule has 8 nitrogen and oxygen atoms in total. The smallest absolute Gasteiger partial charge is 0.238 e. The number of nitrogens with one attached hydrogen (secondary N) is 4. The normalized spacial score (nSPS) is 31.2. The molecular formula is C30H39Cl2FN4O4S. The first-order chi connectivity index (χ1) is 19.4. The van der Waals surface area contributed by atoms with Crippen molar-refractivity contribution >= 4 is 50.7 Å². The third kappa shape index (κ3) is 6.63. The molecule has 1 aliphatic carbocycles. The minimum Gasteiger partial charge on any atom is -0.352 e. The lowest BCUT2D eigenvalue weighted by molar-refractivity contribution is -0.125. The van der Waals surface area contributed by atoms with Gasteiger partial charge in [-0.15, -0.1) is 0 Å². The number of hydrogen-bond acceptors (Lipinski definition) is 5. The van der Waals surface area contributed by atoms with E-state index in [1.165, 1.54) is 6.08 Å². The number of benzene rings is 1. The minimum atomic E-state index is -3.41. The van der Waals surface area contributed by atoms with E-state index in [4.69, 9.17) is 23.2 Å². The fraction of sp³-hybridized carbons (Fsp3) is 0.533. The van der Waals surface area contributed by atoms with Gasteiger partial charge in [-0.25, -0.2) is 17.5 Å². The molecule has 1 aromatic rings. The third-order valence-corrected chi connectivity index (χ3v) is 9.52. The zero-order valence-electron chi connectivity index (χ0n) is 24.5. The Labute approximate surface area is 257 Å². The van der Waals surface area contributed by atoms with Crippen molar-refractivity contribution in [1.29, 1.82) is 0 Å². The molecule has 0 bridgehead atoms. The molecule has 4 N–H and O–H groups in total. The Morgan fingerprint density at radius 3 is 2.55 bits per heavy atom. The van der Waals surface area contributed by atoms with E-state index < -0.39 is 45.7 Å². The van der Waals surface area contributed by atoms with E-state index in [9.17, 15) is 22.4 Å². The largest absolute Gasteiger partial charge is 0.352 e. The number of alkyl halides is 1. The van der Waals surface area contributed by atoms with Gasteiger partial charge in [-0.2, -0.15) is 0 Å². The van der Waals surface area contributed by atoms with Gasteiger partial charge in [-0.1, -0.05) is 68.8 Å². The van der Waals surface area contributed by atoms with Crippen LogP contribution in [0.25, 0.3) is 0 Å². The summed E-state index contributed by atoms with van der Waals surface area (Å²) in [6.45, 7) is 11.5. The van der Waals surface area contributed by atoms with Gasteiger partial charge in [-0.05, 0) is 60.9 Å². The van der Waals surface area contributed by atoms with Gasteiger partial charge in [0.1, 0.15) is 12.1 Å². The molecule has 1 saturated heterocycles. The first-order valence-corrected chi connectivity index (χ1v) is 16.5. The van der Waals surface area contributed by atoms with Crippen molar-refractivity contribution in [3.8, 4) is 0 Å². The number of hydrogen-bond donors (Lipinski definition) is 4. The van der Waals surface area contributed by atoms with Crippen LogP contribution in [0.5, 0.6) is 0 Å². The van der Waals surface area contributed by atoms with E-state index in [2.05, 4.69) is 48.0 Å². The number of amides is 2. The van der Waals surface area contributed by atoms with Crippen molar-refractivity contribution in [2.45, 2.75) is 76.0 Å². The molecule has 3 aliphatic rings. The predicted molar refractivity (Wildman–Crippen MR) is 166 cm³/mol. The van der Waals surface area contributed by atoms with Crippen LogP contribution in [0, 0.1) is 11.3 Å². The standard InChI is InChI=1S/C30H39Cl2FN4O4S/c1-17(8-7-9-19(32)16-33)24-25(26(38)34-20-13-29(5,14-20)37-42(6,40)41)36-23(15-28(2,3)4)30(24)21-11-10-18(31)12-22(21)35-27(30)39/h7-12,20,23-25,36-37H,1,13-16H2,2-6H3,(H,34,38)(H,35,39)/b8-7-,19-9+/t20-,23-,24+,25-,29-,30+/m1/s1. The molecule has 2 fully saturated rings. The summed E-state index contributed by atoms with van der Waals surface area (Å²) in [7, 11) is -3.41. The summed E-state index contributed by atoms with van der Waals surface area (Å²) in [6, 6.07) is 3.70. The second kappa shape index (κ2) is 11.7. The summed E-state index contributed by atoms with van der Waals surface area (Å²) >= 11 is 12.2. The van der Waals surface area contributed by atoms with E-state index in [0.29, 0.717) is 35.5 Å². The molecule has 1 spiro atoms. The number of carbonyl (C=O) groups is 2. The van der Waals surface area contributed by atoms with Crippen molar-refractivity contribution in [3.05, 3.63) is 64.2 Å². The SMILES string of the molecule is C=C(/C=C\C=C(\Cl)CF)[C@H]1[C@H](C(=O)N[C@H]2C[C@](C)(NS(C)(=O)=O)C2)N[C@H](CC(C)(C)C)[C@]12C(=O)Nc1cc(Cl)ccc12. The van der Waals surface area contributed by atoms with Crippen LogP contribution < -0.4 is 20.7 Å². The highest BCUT2D eigenvalue weighted by molar-refractivity contribution is 7.88. The lowest BCUT2D eigenvalue weighted by atomic mass is 9.62. The molecule has 0 unspecified atom stereocenters. The average molecular weight is 642 g/mol. The van der Waals surface area contributed by atoms with Crippen LogP contribution >= 0.6 is 23.2 Å². The van der Waals surface area contributed by atoms with Gasteiger partial charge in [0.25, 0.3) is 0 Å². The highest BCUT2D eigenvalue weighted by Crippen LogP contribution is 2.55. The van der Waals surface area contributed by atoms with E-state index in [1.807, 2.05) is 6.07 Å². The van der Waals surface area contributed by atoms with E-state index in [0.717, 1.165) is 11.8 Å². The van der Waals surface area contributed by atoms with Crippen LogP contribution in [0.4, 0.5) is 10.1 Å². The highest BCUT2D eigenvalue weighted by Gasteiger charge is 2.66. The molecule has 1 aromatic carbocycles. The fourth-order valence-electron chi connectivity index (χ4n) is 6.85. The molecule has 0 radical (unpaired) electrons. The van der Waals surface area contributed by atoms with Crippen LogP contribution in [0.15, 0.2) is 53.6 Å². The van der Waals surface area contributed by atoms with Crippen molar-refractivity contribution in [1.82, 2.24) is 15.4 Å². The Hall–Kier alpha value is -2.24. The van der Waals surface area contributed by atoms with Crippen LogP contribution in [-0.2, 0) is 25.0 Å². The second-order valence-corrected chi connectivity index (χ2v) is 15.9. The maximum absolute atomic E-state index is 14.1. The average Bonchev–Trinajstić information content (AvgIpc) is 3.30. The number of halogens is 3. The molecule has 2 amide bonds. The van der Waals surface area contributed by atoms with Crippen LogP contribution in [-0.4, -0.2) is 56.8 Å². The summed E-state index contributed by atoms with van der Waals surface area (Å²) in [5.74, 6) is -1.30. The number of fused-ring (bicyclic) bond motifs is 2. The molecular weight excluding hydrogens is 602 g/mol. The first-order valence-electron chi connectivity index (χ1n) is 13.8. The van der Waals surface area contributed by atoms with Gasteiger partial charge in [0.15, 0.2) is 0 Å². The number of carbonyl (C=O) groups excluding carboxylic acids is 2. The zero-order valence-corrected chi connectivity index (χ0v) is 26.8. The van der Waals surface area contributed by atoms with Crippen LogP contribution in [0.1, 0.15) is 52.5 Å². The van der Waals surface area contributed by atoms with Crippen molar-refractivity contribution in [2.24, 2.45) is 11.3 Å². The first kappa shape index (κ1) is 32.7.